The highest BCUT2D eigenvalue weighted by Gasteiger charge is 2.25. The maximum atomic E-state index is 12.5. The first kappa shape index (κ1) is 15.9. The van der Waals surface area contributed by atoms with Crippen molar-refractivity contribution in [2.45, 2.75) is 32.1 Å². The third-order valence-electron chi connectivity index (χ3n) is 3.11. The Balaban J connectivity index is 3.06. The number of nitrogens with one attached hydrogen (secondary N) is 1. The fraction of sp³-hybridized carbons (Fsp3) is 0.615. The fourth-order valence-corrected chi connectivity index (χ4v) is 3.15. The van der Waals surface area contributed by atoms with Gasteiger partial charge in [-0.05, 0) is 18.9 Å². The standard InChI is InChI=1S/C13H23N3O2S/c1-5-11(3)10-16(4)19(17,18)13-9-14-8-7-12(13)15-6-2/h7-9,11H,5-6,10H2,1-4H3,(H,14,15). The molecule has 19 heavy (non-hydrogen) atoms. The number of hydrogen-bond acceptors (Lipinski definition) is 4. The average molecular weight is 285 g/mol. The Hall–Kier alpha value is -1.14. The quantitative estimate of drug-likeness (QED) is 0.834. The SMILES string of the molecule is CCNc1ccncc1S(=O)(=O)N(C)CC(C)CC. The molecule has 0 bridgehead atoms. The zero-order valence-electron chi connectivity index (χ0n) is 12.0. The maximum Gasteiger partial charge on any atom is 0.246 e. The van der Waals surface area contributed by atoms with E-state index in [1.165, 1.54) is 10.5 Å². The third kappa shape index (κ3) is 3.91. The Bertz CT molecular complexity index is 502. The van der Waals surface area contributed by atoms with Crippen molar-refractivity contribution in [3.8, 4) is 0 Å². The van der Waals surface area contributed by atoms with Gasteiger partial charge in [0.2, 0.25) is 10.0 Å². The second-order valence-electron chi connectivity index (χ2n) is 4.70. The molecule has 1 rings (SSSR count). The monoisotopic (exact) mass is 285 g/mol. The molecular formula is C13H23N3O2S. The maximum absolute atomic E-state index is 12.5. The lowest BCUT2D eigenvalue weighted by Gasteiger charge is -2.21. The highest BCUT2D eigenvalue weighted by molar-refractivity contribution is 7.89. The Morgan fingerprint density at radius 2 is 2.11 bits per heavy atom. The highest BCUT2D eigenvalue weighted by Crippen LogP contribution is 2.23. The summed E-state index contributed by atoms with van der Waals surface area (Å²) in [5.41, 5.74) is 0.605. The van der Waals surface area contributed by atoms with Crippen molar-refractivity contribution in [3.63, 3.8) is 0 Å². The summed E-state index contributed by atoms with van der Waals surface area (Å²) in [6, 6.07) is 1.69. The van der Waals surface area contributed by atoms with Gasteiger partial charge < -0.3 is 5.32 Å². The second-order valence-corrected chi connectivity index (χ2v) is 6.71. The smallest absolute Gasteiger partial charge is 0.246 e. The normalized spacial score (nSPS) is 13.5. The number of anilines is 1. The molecule has 1 heterocycles. The molecule has 1 unspecified atom stereocenters. The van der Waals surface area contributed by atoms with Gasteiger partial charge in [-0.3, -0.25) is 4.98 Å². The van der Waals surface area contributed by atoms with Crippen molar-refractivity contribution < 1.29 is 8.42 Å². The molecule has 1 aromatic rings. The van der Waals surface area contributed by atoms with E-state index in [-0.39, 0.29) is 4.90 Å². The van der Waals surface area contributed by atoms with Gasteiger partial charge in [0, 0.05) is 32.5 Å². The highest BCUT2D eigenvalue weighted by atomic mass is 32.2. The number of nitrogens with zero attached hydrogens (tertiary/aromatic N) is 2. The van der Waals surface area contributed by atoms with Crippen molar-refractivity contribution in [2.75, 3.05) is 25.5 Å². The average Bonchev–Trinajstić information content (AvgIpc) is 2.39. The van der Waals surface area contributed by atoms with Crippen LogP contribution in [-0.4, -0.2) is 37.8 Å². The molecule has 5 nitrogen and oxygen atoms in total. The lowest BCUT2D eigenvalue weighted by molar-refractivity contribution is 0.393. The predicted octanol–water partition coefficient (Wildman–Crippen LogP) is 2.18. The van der Waals surface area contributed by atoms with Gasteiger partial charge in [0.25, 0.3) is 0 Å². The Morgan fingerprint density at radius 1 is 1.42 bits per heavy atom. The lowest BCUT2D eigenvalue weighted by atomic mass is 10.1. The molecule has 0 amide bonds. The van der Waals surface area contributed by atoms with Crippen LogP contribution in [0.3, 0.4) is 0 Å². The number of sulfonamides is 1. The summed E-state index contributed by atoms with van der Waals surface area (Å²) in [5.74, 6) is 0.332. The van der Waals surface area contributed by atoms with E-state index in [1.54, 1.807) is 19.3 Å². The zero-order chi connectivity index (χ0) is 14.5. The van der Waals surface area contributed by atoms with E-state index in [0.717, 1.165) is 6.42 Å². The van der Waals surface area contributed by atoms with Crippen molar-refractivity contribution in [1.29, 1.82) is 0 Å². The summed E-state index contributed by atoms with van der Waals surface area (Å²) in [6.07, 6.45) is 3.94. The van der Waals surface area contributed by atoms with Crippen LogP contribution >= 0.6 is 0 Å². The van der Waals surface area contributed by atoms with Crippen molar-refractivity contribution >= 4 is 15.7 Å². The molecule has 108 valence electrons. The van der Waals surface area contributed by atoms with Crippen LogP contribution < -0.4 is 5.32 Å². The van der Waals surface area contributed by atoms with Crippen LogP contribution in [0.5, 0.6) is 0 Å². The first-order valence-corrected chi connectivity index (χ1v) is 8.01. The molecule has 1 aromatic heterocycles. The molecule has 1 N–H and O–H groups in total. The van der Waals surface area contributed by atoms with E-state index < -0.39 is 10.0 Å². The molecule has 1 atom stereocenters. The summed E-state index contributed by atoms with van der Waals surface area (Å²) >= 11 is 0. The Kier molecular flexibility index (Phi) is 5.75. The summed E-state index contributed by atoms with van der Waals surface area (Å²) in [6.45, 7) is 7.21. The number of aromatic nitrogens is 1. The third-order valence-corrected chi connectivity index (χ3v) is 4.96. The summed E-state index contributed by atoms with van der Waals surface area (Å²) in [7, 11) is -1.87. The minimum atomic E-state index is -3.49. The first-order chi connectivity index (χ1) is 8.93. The molecule has 0 radical (unpaired) electrons. The topological polar surface area (TPSA) is 62.3 Å². The van der Waals surface area contributed by atoms with E-state index >= 15 is 0 Å². The van der Waals surface area contributed by atoms with E-state index in [4.69, 9.17) is 0 Å². The second kappa shape index (κ2) is 6.86. The van der Waals surface area contributed by atoms with Gasteiger partial charge in [0.05, 0.1) is 5.69 Å². The summed E-state index contributed by atoms with van der Waals surface area (Å²) in [4.78, 5) is 4.17. The number of pyridine rings is 1. The minimum absolute atomic E-state index is 0.239. The van der Waals surface area contributed by atoms with Crippen LogP contribution in [0.1, 0.15) is 27.2 Å². The summed E-state index contributed by atoms with van der Waals surface area (Å²) < 4.78 is 26.5. The van der Waals surface area contributed by atoms with Crippen molar-refractivity contribution in [1.82, 2.24) is 9.29 Å². The van der Waals surface area contributed by atoms with E-state index in [0.29, 0.717) is 24.7 Å². The van der Waals surface area contributed by atoms with E-state index in [1.807, 2.05) is 13.8 Å². The van der Waals surface area contributed by atoms with Crippen LogP contribution in [0.15, 0.2) is 23.4 Å². The lowest BCUT2D eigenvalue weighted by Crippen LogP contribution is -2.31. The van der Waals surface area contributed by atoms with Crippen LogP contribution in [0.2, 0.25) is 0 Å². The van der Waals surface area contributed by atoms with Crippen LogP contribution in [0, 0.1) is 5.92 Å². The van der Waals surface area contributed by atoms with E-state index in [2.05, 4.69) is 17.2 Å². The molecule has 0 aromatic carbocycles. The largest absolute Gasteiger partial charge is 0.384 e. The Labute approximate surface area is 116 Å². The van der Waals surface area contributed by atoms with Gasteiger partial charge >= 0.3 is 0 Å². The molecule has 0 aliphatic heterocycles. The predicted molar refractivity (Wildman–Crippen MR) is 77.7 cm³/mol. The molecular weight excluding hydrogens is 262 g/mol. The molecule has 0 fully saturated rings. The summed E-state index contributed by atoms with van der Waals surface area (Å²) in [5, 5.41) is 3.06. The molecule has 0 spiro atoms. The van der Waals surface area contributed by atoms with Gasteiger partial charge in [-0.1, -0.05) is 20.3 Å². The van der Waals surface area contributed by atoms with Crippen LogP contribution in [0.4, 0.5) is 5.69 Å². The van der Waals surface area contributed by atoms with Gasteiger partial charge in [-0.15, -0.1) is 0 Å². The fourth-order valence-electron chi connectivity index (χ4n) is 1.76. The minimum Gasteiger partial charge on any atom is -0.384 e. The van der Waals surface area contributed by atoms with E-state index in [9.17, 15) is 8.42 Å². The molecule has 0 saturated heterocycles. The number of hydrogen-bond donors (Lipinski definition) is 1. The van der Waals surface area contributed by atoms with Crippen LogP contribution in [0.25, 0.3) is 0 Å². The van der Waals surface area contributed by atoms with Gasteiger partial charge in [0.15, 0.2) is 0 Å². The van der Waals surface area contributed by atoms with Crippen molar-refractivity contribution in [2.24, 2.45) is 5.92 Å². The van der Waals surface area contributed by atoms with Gasteiger partial charge in [-0.25, -0.2) is 12.7 Å². The first-order valence-electron chi connectivity index (χ1n) is 6.57. The van der Waals surface area contributed by atoms with Crippen molar-refractivity contribution in [3.05, 3.63) is 18.5 Å². The van der Waals surface area contributed by atoms with Gasteiger partial charge in [0.1, 0.15) is 4.90 Å². The van der Waals surface area contributed by atoms with Gasteiger partial charge in [-0.2, -0.15) is 0 Å². The molecule has 6 heteroatoms. The zero-order valence-corrected chi connectivity index (χ0v) is 12.9. The molecule has 0 aliphatic rings. The number of rotatable bonds is 7. The molecule has 0 saturated carbocycles. The molecule has 0 aliphatic carbocycles. The van der Waals surface area contributed by atoms with Crippen LogP contribution in [-0.2, 0) is 10.0 Å². The Morgan fingerprint density at radius 3 is 2.68 bits per heavy atom.